The Bertz CT molecular complexity index is 1600. The molecule has 0 radical (unpaired) electrons. The maximum absolute atomic E-state index is 13.1. The van der Waals surface area contributed by atoms with Gasteiger partial charge in [0.2, 0.25) is 0 Å². The van der Waals surface area contributed by atoms with E-state index in [1.807, 2.05) is 31.2 Å². The van der Waals surface area contributed by atoms with Gasteiger partial charge in [0.15, 0.2) is 0 Å². The average molecular weight is 441 g/mol. The summed E-state index contributed by atoms with van der Waals surface area (Å²) in [6, 6.07) is 15.9. The lowest BCUT2D eigenvalue weighted by molar-refractivity contribution is -0.142. The summed E-state index contributed by atoms with van der Waals surface area (Å²) >= 11 is 0. The first kappa shape index (κ1) is 19.1. The molecule has 2 aliphatic heterocycles. The number of ether oxygens (including phenoxy) is 1. The molecule has 0 saturated carbocycles. The van der Waals surface area contributed by atoms with Crippen molar-refractivity contribution in [1.82, 2.24) is 14.9 Å². The highest BCUT2D eigenvalue weighted by atomic mass is 16.5. The number of fused-ring (bicyclic) bond motifs is 10. The Morgan fingerprint density at radius 3 is 2.67 bits per heavy atom. The van der Waals surface area contributed by atoms with Crippen LogP contribution in [0.1, 0.15) is 35.5 Å². The topological polar surface area (TPSA) is 105 Å². The second-order valence-corrected chi connectivity index (χ2v) is 9.25. The first-order valence-electron chi connectivity index (χ1n) is 11.4. The SMILES string of the molecule is C[C@@H]1O[C@@H](n2c3ccccc3c3c4c(c5c6ccccc6[nH]c5c32)CNC4=O)C[C@@H](N)[C@H]1O. The van der Waals surface area contributed by atoms with E-state index in [0.29, 0.717) is 13.0 Å². The zero-order valence-corrected chi connectivity index (χ0v) is 18.1. The Balaban J connectivity index is 1.69. The van der Waals surface area contributed by atoms with Crippen molar-refractivity contribution in [1.29, 1.82) is 0 Å². The van der Waals surface area contributed by atoms with Gasteiger partial charge in [0.25, 0.3) is 5.91 Å². The van der Waals surface area contributed by atoms with Gasteiger partial charge in [-0.15, -0.1) is 0 Å². The fraction of sp³-hybridized carbons (Fsp3) is 0.269. The molecular formula is C26H24N4O3. The van der Waals surface area contributed by atoms with Crippen LogP contribution in [0.15, 0.2) is 48.5 Å². The summed E-state index contributed by atoms with van der Waals surface area (Å²) in [4.78, 5) is 16.8. The number of amides is 1. The van der Waals surface area contributed by atoms with Crippen LogP contribution in [-0.4, -0.2) is 38.8 Å². The molecule has 7 heteroatoms. The minimum absolute atomic E-state index is 0.0462. The normalized spacial score (nSPS) is 25.4. The van der Waals surface area contributed by atoms with Crippen LogP contribution < -0.4 is 11.1 Å². The van der Waals surface area contributed by atoms with Crippen LogP contribution in [0.4, 0.5) is 0 Å². The number of hydrogen-bond donors (Lipinski definition) is 4. The number of rotatable bonds is 1. The predicted molar refractivity (Wildman–Crippen MR) is 128 cm³/mol. The Labute approximate surface area is 189 Å². The molecule has 0 spiro atoms. The molecule has 5 N–H and O–H groups in total. The highest BCUT2D eigenvalue weighted by Gasteiger charge is 2.37. The lowest BCUT2D eigenvalue weighted by Crippen LogP contribution is -2.49. The molecule has 7 nitrogen and oxygen atoms in total. The lowest BCUT2D eigenvalue weighted by atomic mass is 9.97. The van der Waals surface area contributed by atoms with Gasteiger partial charge >= 0.3 is 0 Å². The maximum Gasteiger partial charge on any atom is 0.252 e. The summed E-state index contributed by atoms with van der Waals surface area (Å²) in [5, 5.41) is 17.6. The number of benzene rings is 3. The van der Waals surface area contributed by atoms with Crippen molar-refractivity contribution in [3.8, 4) is 0 Å². The van der Waals surface area contributed by atoms with Gasteiger partial charge in [-0.3, -0.25) is 4.79 Å². The zero-order chi connectivity index (χ0) is 22.4. The molecule has 1 saturated heterocycles. The number of H-pyrrole nitrogens is 1. The summed E-state index contributed by atoms with van der Waals surface area (Å²) in [6.07, 6.45) is -0.995. The number of aromatic nitrogens is 2. The van der Waals surface area contributed by atoms with Gasteiger partial charge in [-0.25, -0.2) is 0 Å². The molecule has 2 aliphatic rings. The summed E-state index contributed by atoms with van der Waals surface area (Å²) in [6.45, 7) is 2.37. The summed E-state index contributed by atoms with van der Waals surface area (Å²) < 4.78 is 8.49. The maximum atomic E-state index is 13.1. The molecule has 1 fully saturated rings. The molecular weight excluding hydrogens is 416 g/mol. The van der Waals surface area contributed by atoms with Crippen molar-refractivity contribution in [3.05, 3.63) is 59.7 Å². The third-order valence-electron chi connectivity index (χ3n) is 7.41. The molecule has 0 aliphatic carbocycles. The Kier molecular flexibility index (Phi) is 3.81. The monoisotopic (exact) mass is 440 g/mol. The smallest absolute Gasteiger partial charge is 0.252 e. The number of aromatic amines is 1. The van der Waals surface area contributed by atoms with Crippen molar-refractivity contribution in [2.75, 3.05) is 0 Å². The van der Waals surface area contributed by atoms with Crippen LogP contribution >= 0.6 is 0 Å². The van der Waals surface area contributed by atoms with Crippen LogP contribution in [0.5, 0.6) is 0 Å². The fourth-order valence-electron chi connectivity index (χ4n) is 5.92. The largest absolute Gasteiger partial charge is 0.389 e. The number of nitrogens with one attached hydrogen (secondary N) is 2. The van der Waals surface area contributed by atoms with Gasteiger partial charge in [0, 0.05) is 46.1 Å². The van der Waals surface area contributed by atoms with Gasteiger partial charge in [0.1, 0.15) is 6.23 Å². The molecule has 4 atom stereocenters. The molecule has 5 aromatic rings. The van der Waals surface area contributed by atoms with Gasteiger partial charge in [-0.1, -0.05) is 36.4 Å². The van der Waals surface area contributed by atoms with Gasteiger partial charge < -0.3 is 30.4 Å². The van der Waals surface area contributed by atoms with Crippen LogP contribution in [0.25, 0.3) is 43.6 Å². The Morgan fingerprint density at radius 1 is 1.09 bits per heavy atom. The van der Waals surface area contributed by atoms with Gasteiger partial charge in [-0.05, 0) is 24.6 Å². The molecule has 3 aromatic carbocycles. The number of aliphatic hydroxyl groups is 1. The lowest BCUT2D eigenvalue weighted by Gasteiger charge is -2.37. The number of nitrogens with two attached hydrogens (primary N) is 1. The molecule has 33 heavy (non-hydrogen) atoms. The second kappa shape index (κ2) is 6.57. The molecule has 0 unspecified atom stereocenters. The van der Waals surface area contributed by atoms with E-state index >= 15 is 0 Å². The number of carbonyl (C=O) groups excluding carboxylic acids is 1. The first-order chi connectivity index (χ1) is 16.0. The predicted octanol–water partition coefficient (Wildman–Crippen LogP) is 3.67. The highest BCUT2D eigenvalue weighted by Crippen LogP contribution is 2.45. The van der Waals surface area contributed by atoms with E-state index in [2.05, 4.69) is 39.1 Å². The molecule has 7 rings (SSSR count). The fourth-order valence-corrected chi connectivity index (χ4v) is 5.92. The second-order valence-electron chi connectivity index (χ2n) is 9.25. The van der Waals surface area contributed by atoms with E-state index in [1.165, 1.54) is 0 Å². The minimum atomic E-state index is -0.711. The van der Waals surface area contributed by atoms with Crippen molar-refractivity contribution >= 4 is 49.5 Å². The van der Waals surface area contributed by atoms with Gasteiger partial charge in [0.05, 0.1) is 34.3 Å². The van der Waals surface area contributed by atoms with E-state index in [1.54, 1.807) is 0 Å². The third kappa shape index (κ3) is 2.41. The van der Waals surface area contributed by atoms with E-state index in [0.717, 1.165) is 54.7 Å². The van der Waals surface area contributed by atoms with E-state index in [9.17, 15) is 9.90 Å². The molecule has 1 amide bonds. The number of aliphatic hydroxyl groups excluding tert-OH is 1. The first-order valence-corrected chi connectivity index (χ1v) is 11.4. The van der Waals surface area contributed by atoms with Crippen molar-refractivity contribution < 1.29 is 14.6 Å². The van der Waals surface area contributed by atoms with Crippen LogP contribution in [0.2, 0.25) is 0 Å². The average Bonchev–Trinajstić information content (AvgIpc) is 3.48. The van der Waals surface area contributed by atoms with Crippen LogP contribution in [0, 0.1) is 0 Å². The number of nitrogens with zero attached hydrogens (tertiary/aromatic N) is 1. The van der Waals surface area contributed by atoms with Crippen LogP contribution in [0.3, 0.4) is 0 Å². The number of para-hydroxylation sites is 2. The third-order valence-corrected chi connectivity index (χ3v) is 7.41. The van der Waals surface area contributed by atoms with Crippen molar-refractivity contribution in [3.63, 3.8) is 0 Å². The van der Waals surface area contributed by atoms with E-state index in [4.69, 9.17) is 10.5 Å². The van der Waals surface area contributed by atoms with E-state index < -0.39 is 18.2 Å². The molecule has 166 valence electrons. The number of hydrogen-bond acceptors (Lipinski definition) is 4. The molecule has 4 heterocycles. The Hall–Kier alpha value is -3.39. The summed E-state index contributed by atoms with van der Waals surface area (Å²) in [5.74, 6) is -0.0462. The van der Waals surface area contributed by atoms with Gasteiger partial charge in [-0.2, -0.15) is 0 Å². The zero-order valence-electron chi connectivity index (χ0n) is 18.1. The molecule has 0 bridgehead atoms. The van der Waals surface area contributed by atoms with E-state index in [-0.39, 0.29) is 12.1 Å². The van der Waals surface area contributed by atoms with Crippen molar-refractivity contribution in [2.45, 2.75) is 44.4 Å². The highest BCUT2D eigenvalue weighted by molar-refractivity contribution is 6.30. The minimum Gasteiger partial charge on any atom is -0.389 e. The van der Waals surface area contributed by atoms with Crippen LogP contribution in [-0.2, 0) is 11.3 Å². The quantitative estimate of drug-likeness (QED) is 0.319. The number of carbonyl (C=O) groups is 1. The standard InChI is InChI=1S/C26H24N4O3/c1-12-25(31)16(27)10-19(33-12)30-18-9-5-3-7-14(18)21-22-15(11-28-26(22)32)20-13-6-2-4-8-17(13)29-23(20)24(21)30/h2-9,12,16,19,25,29,31H,10-11,27H2,1H3,(H,28,32)/t12-,16+,19+,25-/m0/s1. The molecule has 2 aromatic heterocycles. The Morgan fingerprint density at radius 2 is 1.85 bits per heavy atom. The summed E-state index contributed by atoms with van der Waals surface area (Å²) in [5.41, 5.74) is 12.1. The van der Waals surface area contributed by atoms with Crippen molar-refractivity contribution in [2.24, 2.45) is 5.73 Å². The summed E-state index contributed by atoms with van der Waals surface area (Å²) in [7, 11) is 0.